The van der Waals surface area contributed by atoms with Gasteiger partial charge in [-0.15, -0.1) is 11.8 Å². The summed E-state index contributed by atoms with van der Waals surface area (Å²) in [5.41, 5.74) is 0.175. The van der Waals surface area contributed by atoms with Gasteiger partial charge in [0.1, 0.15) is 0 Å². The van der Waals surface area contributed by atoms with Crippen molar-refractivity contribution >= 4 is 18.0 Å². The van der Waals surface area contributed by atoms with E-state index >= 15 is 0 Å². The van der Waals surface area contributed by atoms with Gasteiger partial charge in [-0.1, -0.05) is 12.0 Å². The number of nitrogens with zero attached hydrogens (tertiary/aromatic N) is 1. The van der Waals surface area contributed by atoms with Crippen molar-refractivity contribution in [1.29, 1.82) is 0 Å². The van der Waals surface area contributed by atoms with Crippen LogP contribution in [0.4, 0.5) is 4.79 Å². The molecular formula is C16H19NO5. The van der Waals surface area contributed by atoms with E-state index in [2.05, 4.69) is 18.8 Å². The summed E-state index contributed by atoms with van der Waals surface area (Å²) < 4.78 is 5.12. The number of amides is 2. The number of hydroxylamine groups is 2. The number of fused-ring (bicyclic) bond motifs is 1. The summed E-state index contributed by atoms with van der Waals surface area (Å²) in [5.74, 6) is 6.10. The molecule has 2 aliphatic carbocycles. The lowest BCUT2D eigenvalue weighted by Gasteiger charge is -2.13. The topological polar surface area (TPSA) is 72.9 Å². The van der Waals surface area contributed by atoms with Crippen molar-refractivity contribution in [2.75, 3.05) is 6.61 Å². The van der Waals surface area contributed by atoms with Crippen LogP contribution in [0.25, 0.3) is 0 Å². The number of hydrogen-bond donors (Lipinski definition) is 0. The summed E-state index contributed by atoms with van der Waals surface area (Å²) in [7, 11) is 0. The van der Waals surface area contributed by atoms with Crippen LogP contribution in [-0.2, 0) is 19.2 Å². The number of carbonyl (C=O) groups excluding carboxylic acids is 3. The molecule has 1 saturated heterocycles. The molecule has 2 fully saturated rings. The lowest BCUT2D eigenvalue weighted by Crippen LogP contribution is -2.32. The van der Waals surface area contributed by atoms with E-state index < -0.39 is 18.0 Å². The average molecular weight is 305 g/mol. The number of hydrogen-bond acceptors (Lipinski definition) is 5. The first-order chi connectivity index (χ1) is 10.5. The summed E-state index contributed by atoms with van der Waals surface area (Å²) >= 11 is 0. The molecule has 3 atom stereocenters. The van der Waals surface area contributed by atoms with Gasteiger partial charge in [0.05, 0.1) is 6.61 Å². The average Bonchev–Trinajstić information content (AvgIpc) is 2.86. The van der Waals surface area contributed by atoms with Crippen LogP contribution in [0.2, 0.25) is 0 Å². The maximum Gasteiger partial charge on any atom is 0.533 e. The number of carbonyl (C=O) groups is 3. The highest BCUT2D eigenvalue weighted by molar-refractivity contribution is 6.01. The van der Waals surface area contributed by atoms with Crippen LogP contribution < -0.4 is 0 Å². The summed E-state index contributed by atoms with van der Waals surface area (Å²) in [6.07, 6.45) is 2.97. The predicted octanol–water partition coefficient (Wildman–Crippen LogP) is 2.03. The normalized spacial score (nSPS) is 33.2. The molecule has 6 nitrogen and oxygen atoms in total. The zero-order valence-electron chi connectivity index (χ0n) is 12.6. The molecule has 0 aromatic rings. The van der Waals surface area contributed by atoms with Crippen LogP contribution in [0.3, 0.4) is 0 Å². The van der Waals surface area contributed by atoms with E-state index in [0.29, 0.717) is 16.9 Å². The Balaban J connectivity index is 1.48. The maximum absolute atomic E-state index is 11.7. The minimum atomic E-state index is -0.984. The molecule has 1 aliphatic heterocycles. The second kappa shape index (κ2) is 5.64. The van der Waals surface area contributed by atoms with Crippen molar-refractivity contribution in [2.45, 2.75) is 45.4 Å². The molecule has 118 valence electrons. The zero-order chi connectivity index (χ0) is 15.7. The molecule has 1 unspecified atom stereocenters. The fourth-order valence-electron chi connectivity index (χ4n) is 3.63. The fourth-order valence-corrected chi connectivity index (χ4v) is 3.63. The highest BCUT2D eigenvalue weighted by atomic mass is 16.8. The molecule has 0 N–H and O–H groups in total. The van der Waals surface area contributed by atoms with Crippen molar-refractivity contribution in [3.8, 4) is 11.8 Å². The molecule has 3 rings (SSSR count). The highest BCUT2D eigenvalue weighted by Crippen LogP contribution is 2.63. The molecule has 1 saturated carbocycles. The largest absolute Gasteiger partial charge is 0.533 e. The number of rotatable bonds is 3. The maximum atomic E-state index is 11.7. The van der Waals surface area contributed by atoms with Crippen molar-refractivity contribution in [3.63, 3.8) is 0 Å². The molecule has 22 heavy (non-hydrogen) atoms. The molecule has 0 aromatic heterocycles. The van der Waals surface area contributed by atoms with E-state index in [9.17, 15) is 14.4 Å². The van der Waals surface area contributed by atoms with Gasteiger partial charge < -0.3 is 4.74 Å². The van der Waals surface area contributed by atoms with Crippen molar-refractivity contribution in [2.24, 2.45) is 17.3 Å². The van der Waals surface area contributed by atoms with Crippen molar-refractivity contribution < 1.29 is 24.0 Å². The smallest absolute Gasteiger partial charge is 0.432 e. The van der Waals surface area contributed by atoms with Crippen molar-refractivity contribution in [3.05, 3.63) is 0 Å². The van der Waals surface area contributed by atoms with Crippen LogP contribution >= 0.6 is 0 Å². The molecule has 0 radical (unpaired) electrons. The Kier molecular flexibility index (Phi) is 3.81. The Hall–Kier alpha value is -2.03. The Morgan fingerprint density at radius 1 is 1.27 bits per heavy atom. The van der Waals surface area contributed by atoms with Crippen LogP contribution in [0, 0.1) is 29.1 Å². The zero-order valence-corrected chi connectivity index (χ0v) is 12.6. The summed E-state index contributed by atoms with van der Waals surface area (Å²) in [4.78, 5) is 39.1. The molecule has 6 heteroatoms. The number of imide groups is 1. The first-order valence-electron chi connectivity index (χ1n) is 7.68. The van der Waals surface area contributed by atoms with Gasteiger partial charge >= 0.3 is 6.16 Å². The molecule has 0 aromatic carbocycles. The van der Waals surface area contributed by atoms with Gasteiger partial charge in [-0.05, 0) is 24.2 Å². The lowest BCUT2D eigenvalue weighted by molar-refractivity contribution is -0.177. The second-order valence-electron chi connectivity index (χ2n) is 6.35. The van der Waals surface area contributed by atoms with Crippen molar-refractivity contribution in [1.82, 2.24) is 5.06 Å². The van der Waals surface area contributed by atoms with E-state index in [1.165, 1.54) is 0 Å². The van der Waals surface area contributed by atoms with Crippen LogP contribution in [0.15, 0.2) is 0 Å². The van der Waals surface area contributed by atoms with E-state index in [4.69, 9.17) is 9.57 Å². The molecular weight excluding hydrogens is 286 g/mol. The van der Waals surface area contributed by atoms with E-state index in [0.717, 1.165) is 25.7 Å². The quantitative estimate of drug-likeness (QED) is 0.453. The molecule has 2 amide bonds. The Labute approximate surface area is 129 Å². The monoisotopic (exact) mass is 305 g/mol. The van der Waals surface area contributed by atoms with Gasteiger partial charge in [0.25, 0.3) is 11.8 Å². The van der Waals surface area contributed by atoms with E-state index in [1.807, 2.05) is 0 Å². The molecule has 3 aliphatic rings. The minimum absolute atomic E-state index is 0.0783. The summed E-state index contributed by atoms with van der Waals surface area (Å²) in [6, 6.07) is 0. The number of ether oxygens (including phenoxy) is 1. The van der Waals surface area contributed by atoms with E-state index in [-0.39, 0.29) is 24.9 Å². The molecule has 0 bridgehead atoms. The van der Waals surface area contributed by atoms with Gasteiger partial charge in [-0.2, -0.15) is 0 Å². The molecule has 0 spiro atoms. The first-order valence-corrected chi connectivity index (χ1v) is 7.68. The third kappa shape index (κ3) is 2.68. The third-order valence-corrected chi connectivity index (χ3v) is 5.12. The van der Waals surface area contributed by atoms with Gasteiger partial charge in [0, 0.05) is 31.6 Å². The Morgan fingerprint density at radius 3 is 2.68 bits per heavy atom. The standard InChI is InChI=1S/C16H19NO5/c1-16-9-5-3-2-4-6-11(16)12(16)10-21-15(20)22-17-13(18)7-8-14(17)19/h11-12H,4-10H2,1H3/t11-,12?,16-/m1/s1. The van der Waals surface area contributed by atoms with Crippen LogP contribution in [-0.4, -0.2) is 29.6 Å². The van der Waals surface area contributed by atoms with Gasteiger partial charge in [-0.25, -0.2) is 4.79 Å². The van der Waals surface area contributed by atoms with E-state index in [1.54, 1.807) is 0 Å². The minimum Gasteiger partial charge on any atom is -0.432 e. The van der Waals surface area contributed by atoms with Gasteiger partial charge in [0.2, 0.25) is 0 Å². The first kappa shape index (κ1) is 14.9. The Bertz CT molecular complexity index is 559. The summed E-state index contributed by atoms with van der Waals surface area (Å²) in [5, 5.41) is 0.508. The second-order valence-corrected chi connectivity index (χ2v) is 6.35. The van der Waals surface area contributed by atoms with Crippen LogP contribution in [0.5, 0.6) is 0 Å². The predicted molar refractivity (Wildman–Crippen MR) is 74.9 cm³/mol. The third-order valence-electron chi connectivity index (χ3n) is 5.12. The SMILES string of the molecule is C[C@@]12CCC#CCC[C@@H]1C2COC(=O)ON1C(=O)CCC1=O. The molecule has 1 heterocycles. The van der Waals surface area contributed by atoms with Gasteiger partial charge in [0.15, 0.2) is 0 Å². The fraction of sp³-hybridized carbons (Fsp3) is 0.688. The lowest BCUT2D eigenvalue weighted by atomic mass is 9.95. The van der Waals surface area contributed by atoms with Gasteiger partial charge in [-0.3, -0.25) is 14.4 Å². The Morgan fingerprint density at radius 2 is 1.95 bits per heavy atom. The highest BCUT2D eigenvalue weighted by Gasteiger charge is 2.60. The summed E-state index contributed by atoms with van der Waals surface area (Å²) in [6.45, 7) is 2.47. The van der Waals surface area contributed by atoms with Crippen LogP contribution in [0.1, 0.15) is 45.4 Å².